The van der Waals surface area contributed by atoms with E-state index in [0.717, 1.165) is 5.56 Å². The number of hydrogen-bond acceptors (Lipinski definition) is 5. The van der Waals surface area contributed by atoms with E-state index in [0.29, 0.717) is 12.3 Å². The fourth-order valence-corrected chi connectivity index (χ4v) is 1.93. The van der Waals surface area contributed by atoms with Crippen molar-refractivity contribution in [1.29, 1.82) is 0 Å². The molecule has 0 atom stereocenters. The number of aromatic nitrogens is 1. The van der Waals surface area contributed by atoms with Crippen LogP contribution in [0.3, 0.4) is 0 Å². The zero-order valence-electron chi connectivity index (χ0n) is 13.0. The molecule has 0 bridgehead atoms. The van der Waals surface area contributed by atoms with E-state index in [1.54, 1.807) is 25.1 Å². The van der Waals surface area contributed by atoms with Crippen molar-refractivity contribution in [3.63, 3.8) is 0 Å². The van der Waals surface area contributed by atoms with Crippen LogP contribution in [0.2, 0.25) is 0 Å². The van der Waals surface area contributed by atoms with E-state index in [9.17, 15) is 9.59 Å². The van der Waals surface area contributed by atoms with Crippen molar-refractivity contribution in [1.82, 2.24) is 4.98 Å². The molecular formula is C17H18N2O4. The summed E-state index contributed by atoms with van der Waals surface area (Å²) in [6, 6.07) is 10.5. The van der Waals surface area contributed by atoms with Gasteiger partial charge in [-0.05, 0) is 43.7 Å². The largest absolute Gasteiger partial charge is 0.477 e. The number of carbonyl (C=O) groups is 2. The maximum Gasteiger partial charge on any atom is 0.344 e. The first-order valence-corrected chi connectivity index (χ1v) is 7.21. The first kappa shape index (κ1) is 16.5. The van der Waals surface area contributed by atoms with Crippen LogP contribution in [0.15, 0.2) is 42.6 Å². The van der Waals surface area contributed by atoms with E-state index in [-0.39, 0.29) is 18.1 Å². The number of hydrogen-bond donors (Lipinski definition) is 1. The van der Waals surface area contributed by atoms with Gasteiger partial charge in [0.1, 0.15) is 5.56 Å². The number of rotatable bonds is 6. The molecule has 2 aromatic rings. The number of esters is 1. The van der Waals surface area contributed by atoms with Crippen molar-refractivity contribution in [2.24, 2.45) is 0 Å². The highest BCUT2D eigenvalue weighted by atomic mass is 16.5. The summed E-state index contributed by atoms with van der Waals surface area (Å²) in [6.07, 6.45) is 1.52. The van der Waals surface area contributed by atoms with Gasteiger partial charge in [0, 0.05) is 11.9 Å². The summed E-state index contributed by atoms with van der Waals surface area (Å²) in [5, 5.41) is 2.67. The van der Waals surface area contributed by atoms with E-state index in [1.807, 2.05) is 25.1 Å². The Morgan fingerprint density at radius 2 is 2.04 bits per heavy atom. The standard InChI is InChI=1S/C17H18N2O4/c1-3-22-16-14(8-5-9-18-16)17(21)23-11-15(20)19-13-7-4-6-12(2)10-13/h4-10H,3,11H2,1-2H3,(H,19,20). The van der Waals surface area contributed by atoms with Crippen LogP contribution in [-0.2, 0) is 9.53 Å². The molecule has 6 nitrogen and oxygen atoms in total. The molecule has 0 unspecified atom stereocenters. The van der Waals surface area contributed by atoms with Crippen molar-refractivity contribution in [3.8, 4) is 5.88 Å². The molecule has 0 saturated heterocycles. The molecular weight excluding hydrogens is 296 g/mol. The predicted octanol–water partition coefficient (Wildman–Crippen LogP) is 2.58. The summed E-state index contributed by atoms with van der Waals surface area (Å²) in [7, 11) is 0. The quantitative estimate of drug-likeness (QED) is 0.829. The number of nitrogens with zero attached hydrogens (tertiary/aromatic N) is 1. The normalized spacial score (nSPS) is 10.0. The third kappa shape index (κ3) is 4.81. The Morgan fingerprint density at radius 3 is 2.78 bits per heavy atom. The number of pyridine rings is 1. The SMILES string of the molecule is CCOc1ncccc1C(=O)OCC(=O)Nc1cccc(C)c1. The van der Waals surface area contributed by atoms with Crippen molar-refractivity contribution in [3.05, 3.63) is 53.7 Å². The molecule has 1 N–H and O–H groups in total. The van der Waals surface area contributed by atoms with Gasteiger partial charge in [0.15, 0.2) is 6.61 Å². The van der Waals surface area contributed by atoms with E-state index in [4.69, 9.17) is 9.47 Å². The van der Waals surface area contributed by atoms with Crippen LogP contribution in [0.5, 0.6) is 5.88 Å². The minimum absolute atomic E-state index is 0.192. The minimum atomic E-state index is -0.652. The number of amides is 1. The Labute approximate surface area is 134 Å². The van der Waals surface area contributed by atoms with Gasteiger partial charge in [0.05, 0.1) is 6.61 Å². The Kier molecular flexibility index (Phi) is 5.68. The van der Waals surface area contributed by atoms with Crippen LogP contribution < -0.4 is 10.1 Å². The summed E-state index contributed by atoms with van der Waals surface area (Å²) in [5.41, 5.74) is 1.87. The number of anilines is 1. The molecule has 120 valence electrons. The molecule has 0 spiro atoms. The number of aryl methyl sites for hydroxylation is 1. The van der Waals surface area contributed by atoms with Gasteiger partial charge < -0.3 is 14.8 Å². The number of benzene rings is 1. The monoisotopic (exact) mass is 314 g/mol. The third-order valence-electron chi connectivity index (χ3n) is 2.91. The number of carbonyl (C=O) groups excluding carboxylic acids is 2. The average molecular weight is 314 g/mol. The summed E-state index contributed by atoms with van der Waals surface area (Å²) in [4.78, 5) is 27.8. The van der Waals surface area contributed by atoms with E-state index in [1.165, 1.54) is 6.20 Å². The van der Waals surface area contributed by atoms with Gasteiger partial charge in [0.2, 0.25) is 5.88 Å². The maximum atomic E-state index is 12.0. The van der Waals surface area contributed by atoms with Crippen LogP contribution in [0, 0.1) is 6.92 Å². The molecule has 0 aliphatic rings. The Morgan fingerprint density at radius 1 is 1.22 bits per heavy atom. The zero-order chi connectivity index (χ0) is 16.7. The third-order valence-corrected chi connectivity index (χ3v) is 2.91. The molecule has 1 aromatic carbocycles. The lowest BCUT2D eigenvalue weighted by atomic mass is 10.2. The fraction of sp³-hybridized carbons (Fsp3) is 0.235. The van der Waals surface area contributed by atoms with Gasteiger partial charge in [0.25, 0.3) is 5.91 Å². The van der Waals surface area contributed by atoms with Crippen LogP contribution in [0.25, 0.3) is 0 Å². The maximum absolute atomic E-state index is 12.0. The van der Waals surface area contributed by atoms with E-state index >= 15 is 0 Å². The van der Waals surface area contributed by atoms with Gasteiger partial charge in [-0.25, -0.2) is 9.78 Å². The molecule has 6 heteroatoms. The average Bonchev–Trinajstić information content (AvgIpc) is 2.53. The Hall–Kier alpha value is -2.89. The van der Waals surface area contributed by atoms with Crippen LogP contribution in [0.1, 0.15) is 22.8 Å². The number of nitrogens with one attached hydrogen (secondary N) is 1. The second-order valence-corrected chi connectivity index (χ2v) is 4.78. The van der Waals surface area contributed by atoms with Gasteiger partial charge in [-0.2, -0.15) is 0 Å². The highest BCUT2D eigenvalue weighted by Crippen LogP contribution is 2.15. The van der Waals surface area contributed by atoms with Gasteiger partial charge >= 0.3 is 5.97 Å². The molecule has 0 saturated carbocycles. The van der Waals surface area contributed by atoms with Crippen molar-refractivity contribution in [2.75, 3.05) is 18.5 Å². The molecule has 2 rings (SSSR count). The zero-order valence-corrected chi connectivity index (χ0v) is 13.0. The summed E-state index contributed by atoms with van der Waals surface area (Å²) in [5.74, 6) is -0.870. The second kappa shape index (κ2) is 7.93. The highest BCUT2D eigenvalue weighted by Gasteiger charge is 2.16. The van der Waals surface area contributed by atoms with Gasteiger partial charge in [-0.3, -0.25) is 4.79 Å². The first-order valence-electron chi connectivity index (χ1n) is 7.21. The Bertz CT molecular complexity index is 700. The van der Waals surface area contributed by atoms with Crippen molar-refractivity contribution >= 4 is 17.6 Å². The smallest absolute Gasteiger partial charge is 0.344 e. The molecule has 0 aliphatic carbocycles. The summed E-state index contributed by atoms with van der Waals surface area (Å²) in [6.45, 7) is 3.71. The lowest BCUT2D eigenvalue weighted by Gasteiger charge is -2.09. The summed E-state index contributed by atoms with van der Waals surface area (Å²) >= 11 is 0. The lowest BCUT2D eigenvalue weighted by Crippen LogP contribution is -2.21. The molecule has 1 amide bonds. The van der Waals surface area contributed by atoms with Crippen molar-refractivity contribution < 1.29 is 19.1 Å². The molecule has 0 fully saturated rings. The van der Waals surface area contributed by atoms with Crippen molar-refractivity contribution in [2.45, 2.75) is 13.8 Å². The van der Waals surface area contributed by atoms with E-state index < -0.39 is 11.9 Å². The van der Waals surface area contributed by atoms with E-state index in [2.05, 4.69) is 10.3 Å². The summed E-state index contributed by atoms with van der Waals surface area (Å²) < 4.78 is 10.3. The fourth-order valence-electron chi connectivity index (χ4n) is 1.93. The topological polar surface area (TPSA) is 77.5 Å². The van der Waals surface area contributed by atoms with Gasteiger partial charge in [-0.1, -0.05) is 12.1 Å². The predicted molar refractivity (Wildman–Crippen MR) is 85.5 cm³/mol. The highest BCUT2D eigenvalue weighted by molar-refractivity contribution is 5.96. The van der Waals surface area contributed by atoms with Gasteiger partial charge in [-0.15, -0.1) is 0 Å². The molecule has 23 heavy (non-hydrogen) atoms. The second-order valence-electron chi connectivity index (χ2n) is 4.78. The molecule has 1 heterocycles. The molecule has 0 aliphatic heterocycles. The number of ether oxygens (including phenoxy) is 2. The van der Waals surface area contributed by atoms with Crippen LogP contribution >= 0.6 is 0 Å². The Balaban J connectivity index is 1.92. The molecule has 0 radical (unpaired) electrons. The molecule has 1 aromatic heterocycles. The van der Waals surface area contributed by atoms with Crippen LogP contribution in [0.4, 0.5) is 5.69 Å². The van der Waals surface area contributed by atoms with Crippen LogP contribution in [-0.4, -0.2) is 30.1 Å². The minimum Gasteiger partial charge on any atom is -0.477 e. The first-order chi connectivity index (χ1) is 11.1. The lowest BCUT2D eigenvalue weighted by molar-refractivity contribution is -0.119.